The van der Waals surface area contributed by atoms with E-state index in [0.29, 0.717) is 10.0 Å². The lowest BCUT2D eigenvalue weighted by molar-refractivity contribution is 0.509. The molecule has 1 aromatic carbocycles. The number of thiophene rings is 1. The fourth-order valence-corrected chi connectivity index (χ4v) is 4.80. The Morgan fingerprint density at radius 1 is 1.26 bits per heavy atom. The molecule has 0 amide bonds. The van der Waals surface area contributed by atoms with Gasteiger partial charge in [0.25, 0.3) is 0 Å². The Hall–Kier alpha value is -1.36. The Labute approximate surface area is 148 Å². The molecular formula is C17H15Cl2N3S. The van der Waals surface area contributed by atoms with E-state index in [2.05, 4.69) is 22.2 Å². The minimum absolute atomic E-state index is 0.513. The molecule has 1 aliphatic carbocycles. The van der Waals surface area contributed by atoms with E-state index in [4.69, 9.17) is 23.2 Å². The van der Waals surface area contributed by atoms with E-state index in [9.17, 15) is 0 Å². The molecule has 1 atom stereocenters. The summed E-state index contributed by atoms with van der Waals surface area (Å²) in [5, 5.41) is 5.52. The lowest BCUT2D eigenvalue weighted by Gasteiger charge is -2.18. The molecule has 3 nitrogen and oxygen atoms in total. The van der Waals surface area contributed by atoms with Crippen molar-refractivity contribution in [2.45, 2.75) is 26.2 Å². The Kier molecular flexibility index (Phi) is 3.92. The molecule has 6 heteroatoms. The van der Waals surface area contributed by atoms with Crippen LogP contribution >= 0.6 is 34.5 Å². The number of aryl methyl sites for hydroxylation is 1. The molecule has 4 rings (SSSR count). The highest BCUT2D eigenvalue weighted by Crippen LogP contribution is 2.41. The van der Waals surface area contributed by atoms with Crippen molar-refractivity contribution in [2.75, 3.05) is 5.32 Å². The highest BCUT2D eigenvalue weighted by molar-refractivity contribution is 7.19. The maximum absolute atomic E-state index is 6.30. The fraction of sp³-hybridized carbons (Fsp3) is 0.294. The molecule has 23 heavy (non-hydrogen) atoms. The molecule has 2 aromatic heterocycles. The van der Waals surface area contributed by atoms with Crippen molar-refractivity contribution < 1.29 is 0 Å². The van der Waals surface area contributed by atoms with Gasteiger partial charge in [0.2, 0.25) is 0 Å². The van der Waals surface area contributed by atoms with Crippen LogP contribution in [0.5, 0.6) is 0 Å². The second-order valence-corrected chi connectivity index (χ2v) is 7.85. The molecule has 0 saturated carbocycles. The Balaban J connectivity index is 1.83. The third kappa shape index (κ3) is 2.69. The first kappa shape index (κ1) is 15.2. The molecule has 1 N–H and O–H groups in total. The second kappa shape index (κ2) is 5.93. The zero-order chi connectivity index (χ0) is 16.0. The van der Waals surface area contributed by atoms with Crippen LogP contribution in [0.15, 0.2) is 24.5 Å². The summed E-state index contributed by atoms with van der Waals surface area (Å²) in [6.07, 6.45) is 5.04. The highest BCUT2D eigenvalue weighted by atomic mass is 35.5. The van der Waals surface area contributed by atoms with Crippen molar-refractivity contribution in [3.63, 3.8) is 0 Å². The number of aromatic nitrogens is 2. The summed E-state index contributed by atoms with van der Waals surface area (Å²) < 4.78 is 0. The number of benzene rings is 1. The standard InChI is InChI=1S/C17H15Cl2N3S/c1-9-5-6-10-13(7-9)23-17-14(10)16(20-8-21-17)22-12-4-2-3-11(18)15(12)19/h2-4,8-9H,5-7H2,1H3,(H,20,21,22). The SMILES string of the molecule is CC1CCc2c(sc3ncnc(Nc4cccc(Cl)c4Cl)c23)C1. The van der Waals surface area contributed by atoms with E-state index in [1.807, 2.05) is 12.1 Å². The smallest absolute Gasteiger partial charge is 0.142 e. The topological polar surface area (TPSA) is 37.8 Å². The van der Waals surface area contributed by atoms with Crippen LogP contribution in [-0.4, -0.2) is 9.97 Å². The Morgan fingerprint density at radius 2 is 2.13 bits per heavy atom. The lowest BCUT2D eigenvalue weighted by Crippen LogP contribution is -2.09. The van der Waals surface area contributed by atoms with Crippen molar-refractivity contribution >= 4 is 56.3 Å². The number of halogens is 2. The maximum Gasteiger partial charge on any atom is 0.142 e. The number of nitrogens with one attached hydrogen (secondary N) is 1. The van der Waals surface area contributed by atoms with E-state index in [0.717, 1.165) is 40.5 Å². The number of fused-ring (bicyclic) bond motifs is 3. The summed E-state index contributed by atoms with van der Waals surface area (Å²) in [5.41, 5.74) is 2.16. The minimum Gasteiger partial charge on any atom is -0.338 e. The van der Waals surface area contributed by atoms with Crippen molar-refractivity contribution in [1.29, 1.82) is 0 Å². The molecule has 0 spiro atoms. The van der Waals surface area contributed by atoms with Crippen LogP contribution in [0, 0.1) is 5.92 Å². The average Bonchev–Trinajstić information content (AvgIpc) is 2.90. The molecular weight excluding hydrogens is 349 g/mol. The summed E-state index contributed by atoms with van der Waals surface area (Å²) in [5.74, 6) is 1.55. The number of hydrogen-bond acceptors (Lipinski definition) is 4. The zero-order valence-corrected chi connectivity index (χ0v) is 14.9. The van der Waals surface area contributed by atoms with E-state index in [1.165, 1.54) is 16.9 Å². The van der Waals surface area contributed by atoms with Gasteiger partial charge in [-0.15, -0.1) is 11.3 Å². The first-order valence-corrected chi connectivity index (χ1v) is 9.17. The molecule has 0 bridgehead atoms. The van der Waals surface area contributed by atoms with Gasteiger partial charge in [0, 0.05) is 4.88 Å². The van der Waals surface area contributed by atoms with E-state index in [1.54, 1.807) is 23.7 Å². The summed E-state index contributed by atoms with van der Waals surface area (Å²) in [6, 6.07) is 5.56. The molecule has 0 fully saturated rings. The molecule has 1 unspecified atom stereocenters. The number of hydrogen-bond donors (Lipinski definition) is 1. The third-order valence-electron chi connectivity index (χ3n) is 4.30. The molecule has 0 radical (unpaired) electrons. The van der Waals surface area contributed by atoms with Crippen LogP contribution in [0.2, 0.25) is 10.0 Å². The van der Waals surface area contributed by atoms with Gasteiger partial charge >= 0.3 is 0 Å². The average molecular weight is 364 g/mol. The molecule has 2 heterocycles. The molecule has 1 aliphatic rings. The van der Waals surface area contributed by atoms with Gasteiger partial charge < -0.3 is 5.32 Å². The van der Waals surface area contributed by atoms with Crippen LogP contribution in [-0.2, 0) is 12.8 Å². The molecule has 0 aliphatic heterocycles. The van der Waals surface area contributed by atoms with Crippen LogP contribution < -0.4 is 5.32 Å². The molecule has 118 valence electrons. The van der Waals surface area contributed by atoms with Gasteiger partial charge in [0.05, 0.1) is 21.1 Å². The first-order chi connectivity index (χ1) is 11.1. The van der Waals surface area contributed by atoms with E-state index < -0.39 is 0 Å². The summed E-state index contributed by atoms with van der Waals surface area (Å²) in [7, 11) is 0. The van der Waals surface area contributed by atoms with Gasteiger partial charge in [-0.3, -0.25) is 0 Å². The van der Waals surface area contributed by atoms with Crippen molar-refractivity contribution in [3.05, 3.63) is 45.0 Å². The van der Waals surface area contributed by atoms with Crippen LogP contribution in [0.4, 0.5) is 11.5 Å². The van der Waals surface area contributed by atoms with Gasteiger partial charge in [-0.25, -0.2) is 9.97 Å². The first-order valence-electron chi connectivity index (χ1n) is 7.59. The van der Waals surface area contributed by atoms with Crippen molar-refractivity contribution in [2.24, 2.45) is 5.92 Å². The Morgan fingerprint density at radius 3 is 3.00 bits per heavy atom. The van der Waals surface area contributed by atoms with E-state index >= 15 is 0 Å². The van der Waals surface area contributed by atoms with Crippen LogP contribution in [0.1, 0.15) is 23.8 Å². The number of anilines is 2. The monoisotopic (exact) mass is 363 g/mol. The summed E-state index contributed by atoms with van der Waals surface area (Å²) in [4.78, 5) is 11.4. The lowest BCUT2D eigenvalue weighted by atomic mass is 9.89. The largest absolute Gasteiger partial charge is 0.338 e. The summed E-state index contributed by atoms with van der Waals surface area (Å²) in [6.45, 7) is 2.31. The fourth-order valence-electron chi connectivity index (χ4n) is 3.10. The molecule has 3 aromatic rings. The highest BCUT2D eigenvalue weighted by Gasteiger charge is 2.23. The maximum atomic E-state index is 6.30. The summed E-state index contributed by atoms with van der Waals surface area (Å²) >= 11 is 14.2. The van der Waals surface area contributed by atoms with Crippen molar-refractivity contribution in [3.8, 4) is 0 Å². The Bertz CT molecular complexity index is 891. The zero-order valence-electron chi connectivity index (χ0n) is 12.6. The van der Waals surface area contributed by atoms with Crippen LogP contribution in [0.3, 0.4) is 0 Å². The second-order valence-electron chi connectivity index (χ2n) is 5.98. The van der Waals surface area contributed by atoms with Crippen molar-refractivity contribution in [1.82, 2.24) is 9.97 Å². The normalized spacial score (nSPS) is 17.3. The van der Waals surface area contributed by atoms with E-state index in [-0.39, 0.29) is 0 Å². The minimum atomic E-state index is 0.513. The number of nitrogens with zero attached hydrogens (tertiary/aromatic N) is 2. The van der Waals surface area contributed by atoms with Crippen LogP contribution in [0.25, 0.3) is 10.2 Å². The predicted octanol–water partition coefficient (Wildman–Crippen LogP) is 5.87. The van der Waals surface area contributed by atoms with Gasteiger partial charge in [0.1, 0.15) is 17.0 Å². The van der Waals surface area contributed by atoms with Gasteiger partial charge in [-0.2, -0.15) is 0 Å². The molecule has 0 saturated heterocycles. The predicted molar refractivity (Wildman–Crippen MR) is 98.3 cm³/mol. The van der Waals surface area contributed by atoms with Gasteiger partial charge in [-0.1, -0.05) is 36.2 Å². The number of rotatable bonds is 2. The third-order valence-corrected chi connectivity index (χ3v) is 6.28. The van der Waals surface area contributed by atoms with Gasteiger partial charge in [-0.05, 0) is 42.9 Å². The van der Waals surface area contributed by atoms with Gasteiger partial charge in [0.15, 0.2) is 0 Å². The quantitative estimate of drug-likeness (QED) is 0.618.